The molecule has 4 amide bonds. The fourth-order valence-electron chi connectivity index (χ4n) is 6.67. The first-order valence-corrected chi connectivity index (χ1v) is 19.0. The van der Waals surface area contributed by atoms with Gasteiger partial charge in [-0.25, -0.2) is 9.59 Å². The van der Waals surface area contributed by atoms with Gasteiger partial charge in [-0.1, -0.05) is 57.4 Å². The average molecular weight is 750 g/mol. The van der Waals surface area contributed by atoms with Crippen molar-refractivity contribution in [1.29, 1.82) is 0 Å². The lowest BCUT2D eigenvalue weighted by atomic mass is 10.0. The summed E-state index contributed by atoms with van der Waals surface area (Å²) in [6.45, 7) is 5.29. The third kappa shape index (κ3) is 13.3. The van der Waals surface area contributed by atoms with E-state index in [1.807, 2.05) is 55.9 Å². The molecule has 15 heteroatoms. The quantitative estimate of drug-likeness (QED) is 0.0640. The highest BCUT2D eigenvalue weighted by atomic mass is 16.9. The number of amides is 4. The maximum Gasteiger partial charge on any atom is 0.329 e. The van der Waals surface area contributed by atoms with Gasteiger partial charge in [-0.3, -0.25) is 14.6 Å². The monoisotopic (exact) mass is 749 g/mol. The predicted octanol–water partition coefficient (Wildman–Crippen LogP) is 4.64. The minimum atomic E-state index is -1.11. The SMILES string of the molecule is CC(C)CC(NC(=O)N1CCCCCC1)C(=O)NC(Cc1cn(C)c2ccccc12)C(=O)N[C@H](Cc1ccccn1)C(=O)OCCCCCCO[N+](=O)[O-]. The second kappa shape index (κ2) is 21.5. The summed E-state index contributed by atoms with van der Waals surface area (Å²) in [5, 5.41) is 19.2. The first-order valence-electron chi connectivity index (χ1n) is 19.0. The molecular formula is C39H55N7O8. The summed E-state index contributed by atoms with van der Waals surface area (Å²) in [4.78, 5) is 76.0. The van der Waals surface area contributed by atoms with Crippen molar-refractivity contribution in [2.24, 2.45) is 13.0 Å². The number of carbonyl (C=O) groups excluding carboxylic acids is 4. The van der Waals surface area contributed by atoms with Crippen LogP contribution in [-0.4, -0.2) is 87.8 Å². The number of ether oxygens (including phenoxy) is 1. The zero-order valence-electron chi connectivity index (χ0n) is 31.7. The van der Waals surface area contributed by atoms with E-state index in [4.69, 9.17) is 4.74 Å². The molecule has 2 aromatic heterocycles. The summed E-state index contributed by atoms with van der Waals surface area (Å²) >= 11 is 0. The van der Waals surface area contributed by atoms with Crippen LogP contribution in [0, 0.1) is 16.0 Å². The number of esters is 1. The molecule has 3 N–H and O–H groups in total. The molecule has 54 heavy (non-hydrogen) atoms. The standard InChI is InChI=1S/C39H55N7O8/c1-28(2)24-32(43-39(50)45-20-12-4-5-13-21-45)36(47)41-33(25-29-27-44(3)35-18-9-8-17-31(29)35)37(48)42-34(26-30-16-10-11-19-40-30)38(49)53-22-14-6-7-15-23-54-46(51)52/h8-11,16-19,27-28,32-34H,4-7,12-15,20-26H2,1-3H3,(H,41,47)(H,42,48)(H,43,50)/t32?,33?,34-/m1/s1. The van der Waals surface area contributed by atoms with E-state index in [9.17, 15) is 29.3 Å². The highest BCUT2D eigenvalue weighted by molar-refractivity contribution is 5.94. The highest BCUT2D eigenvalue weighted by Crippen LogP contribution is 2.22. The van der Waals surface area contributed by atoms with Crippen molar-refractivity contribution in [2.45, 2.75) is 103 Å². The molecule has 1 aromatic carbocycles. The van der Waals surface area contributed by atoms with E-state index in [1.165, 1.54) is 0 Å². The number of fused-ring (bicyclic) bond motifs is 1. The van der Waals surface area contributed by atoms with Crippen LogP contribution < -0.4 is 16.0 Å². The zero-order valence-corrected chi connectivity index (χ0v) is 31.7. The van der Waals surface area contributed by atoms with Crippen LogP contribution in [-0.2, 0) is 43.8 Å². The minimum absolute atomic E-state index is 0.00444. The summed E-state index contributed by atoms with van der Waals surface area (Å²) in [6.07, 6.45) is 10.3. The number of unbranched alkanes of at least 4 members (excludes halogenated alkanes) is 3. The zero-order chi connectivity index (χ0) is 38.9. The lowest BCUT2D eigenvalue weighted by Crippen LogP contribution is -2.58. The number of benzene rings is 1. The Balaban J connectivity index is 1.53. The van der Waals surface area contributed by atoms with E-state index in [1.54, 1.807) is 29.3 Å². The topological polar surface area (TPSA) is 187 Å². The van der Waals surface area contributed by atoms with E-state index in [0.29, 0.717) is 50.9 Å². The summed E-state index contributed by atoms with van der Waals surface area (Å²) in [5.41, 5.74) is 2.35. The van der Waals surface area contributed by atoms with Gasteiger partial charge in [-0.15, -0.1) is 10.1 Å². The molecule has 0 saturated carbocycles. The van der Waals surface area contributed by atoms with Gasteiger partial charge in [0.05, 0.1) is 13.2 Å². The number of hydrogen-bond donors (Lipinski definition) is 3. The van der Waals surface area contributed by atoms with Crippen molar-refractivity contribution < 1.29 is 33.8 Å². The van der Waals surface area contributed by atoms with Gasteiger partial charge in [0, 0.05) is 62.0 Å². The van der Waals surface area contributed by atoms with E-state index in [0.717, 1.165) is 42.1 Å². The molecule has 0 radical (unpaired) electrons. The number of likely N-dealkylation sites (tertiary alicyclic amines) is 1. The fourth-order valence-corrected chi connectivity index (χ4v) is 6.67. The maximum atomic E-state index is 14.3. The van der Waals surface area contributed by atoms with Crippen molar-refractivity contribution >= 4 is 34.7 Å². The van der Waals surface area contributed by atoms with Crippen LogP contribution >= 0.6 is 0 Å². The Kier molecular flexibility index (Phi) is 16.5. The molecule has 15 nitrogen and oxygen atoms in total. The number of pyridine rings is 1. The molecule has 2 unspecified atom stereocenters. The molecule has 1 aliphatic rings. The van der Waals surface area contributed by atoms with Crippen LogP contribution in [0.5, 0.6) is 0 Å². The summed E-state index contributed by atoms with van der Waals surface area (Å²) in [6, 6.07) is 9.67. The van der Waals surface area contributed by atoms with Crippen molar-refractivity contribution in [3.63, 3.8) is 0 Å². The van der Waals surface area contributed by atoms with Gasteiger partial charge >= 0.3 is 12.0 Å². The van der Waals surface area contributed by atoms with Gasteiger partial charge in [0.15, 0.2) is 0 Å². The fraction of sp³-hybridized carbons (Fsp3) is 0.564. The van der Waals surface area contributed by atoms with Gasteiger partial charge in [-0.05, 0) is 68.2 Å². The Hall–Kier alpha value is -5.21. The molecule has 3 atom stereocenters. The predicted molar refractivity (Wildman–Crippen MR) is 203 cm³/mol. The Labute approximate surface area is 316 Å². The number of rotatable bonds is 20. The van der Waals surface area contributed by atoms with E-state index < -0.39 is 41.0 Å². The van der Waals surface area contributed by atoms with Gasteiger partial charge in [0.1, 0.15) is 18.1 Å². The van der Waals surface area contributed by atoms with Crippen LogP contribution in [0.3, 0.4) is 0 Å². The number of aryl methyl sites for hydroxylation is 1. The number of urea groups is 1. The molecule has 1 saturated heterocycles. The van der Waals surface area contributed by atoms with Crippen LogP contribution in [0.15, 0.2) is 54.9 Å². The van der Waals surface area contributed by atoms with E-state index in [2.05, 4.69) is 25.8 Å². The first kappa shape index (κ1) is 41.5. The molecule has 294 valence electrons. The average Bonchev–Trinajstić information content (AvgIpc) is 3.28. The maximum absolute atomic E-state index is 14.3. The Morgan fingerprint density at radius 3 is 2.19 bits per heavy atom. The Morgan fingerprint density at radius 2 is 1.50 bits per heavy atom. The molecular weight excluding hydrogens is 694 g/mol. The van der Waals surface area contributed by atoms with E-state index in [-0.39, 0.29) is 38.0 Å². The normalized spacial score (nSPS) is 14.8. The van der Waals surface area contributed by atoms with Crippen molar-refractivity contribution in [3.8, 4) is 0 Å². The van der Waals surface area contributed by atoms with Crippen LogP contribution in [0.25, 0.3) is 10.9 Å². The van der Waals surface area contributed by atoms with Gasteiger partial charge in [0.25, 0.3) is 5.09 Å². The largest absolute Gasteiger partial charge is 0.464 e. The number of aromatic nitrogens is 2. The van der Waals surface area contributed by atoms with Gasteiger partial charge in [0.2, 0.25) is 11.8 Å². The number of nitrogens with one attached hydrogen (secondary N) is 3. The third-order valence-electron chi connectivity index (χ3n) is 9.47. The number of carbonyl (C=O) groups is 4. The lowest BCUT2D eigenvalue weighted by Gasteiger charge is -2.28. The van der Waals surface area contributed by atoms with Gasteiger partial charge < -0.3 is 35.0 Å². The summed E-state index contributed by atoms with van der Waals surface area (Å²) in [5.74, 6) is -1.65. The Bertz CT molecular complexity index is 1670. The summed E-state index contributed by atoms with van der Waals surface area (Å²) in [7, 11) is 1.91. The highest BCUT2D eigenvalue weighted by Gasteiger charge is 2.32. The number of para-hydroxylation sites is 1. The number of hydrogen-bond acceptors (Lipinski definition) is 9. The minimum Gasteiger partial charge on any atom is -0.464 e. The Morgan fingerprint density at radius 1 is 0.833 bits per heavy atom. The molecule has 0 bridgehead atoms. The molecule has 3 aromatic rings. The van der Waals surface area contributed by atoms with Crippen molar-refractivity contribution in [3.05, 3.63) is 76.2 Å². The lowest BCUT2D eigenvalue weighted by molar-refractivity contribution is -0.757. The molecule has 1 fully saturated rings. The summed E-state index contributed by atoms with van der Waals surface area (Å²) < 4.78 is 7.55. The molecule has 0 spiro atoms. The first-order chi connectivity index (χ1) is 26.0. The second-order valence-electron chi connectivity index (χ2n) is 14.3. The third-order valence-corrected chi connectivity index (χ3v) is 9.47. The molecule has 1 aliphatic heterocycles. The second-order valence-corrected chi connectivity index (χ2v) is 14.3. The van der Waals surface area contributed by atoms with Crippen LogP contribution in [0.1, 0.15) is 82.9 Å². The van der Waals surface area contributed by atoms with Crippen molar-refractivity contribution in [1.82, 2.24) is 30.4 Å². The van der Waals surface area contributed by atoms with E-state index >= 15 is 0 Å². The van der Waals surface area contributed by atoms with Crippen molar-refractivity contribution in [2.75, 3.05) is 26.3 Å². The van der Waals surface area contributed by atoms with Gasteiger partial charge in [-0.2, -0.15) is 0 Å². The molecule has 4 rings (SSSR count). The molecule has 0 aliphatic carbocycles. The molecule has 3 heterocycles. The van der Waals surface area contributed by atoms with Crippen LogP contribution in [0.2, 0.25) is 0 Å². The number of nitrogens with zero attached hydrogens (tertiary/aromatic N) is 4. The van der Waals surface area contributed by atoms with Crippen LogP contribution in [0.4, 0.5) is 4.79 Å². The smallest absolute Gasteiger partial charge is 0.329 e.